The van der Waals surface area contributed by atoms with Gasteiger partial charge in [0.25, 0.3) is 0 Å². The van der Waals surface area contributed by atoms with E-state index in [1.54, 1.807) is 0 Å². The molecule has 0 N–H and O–H groups in total. The van der Waals surface area contributed by atoms with Crippen molar-refractivity contribution in [1.82, 2.24) is 9.78 Å². The Labute approximate surface area is 119 Å². The highest BCUT2D eigenvalue weighted by molar-refractivity contribution is 9.08. The molecule has 0 bridgehead atoms. The van der Waals surface area contributed by atoms with Gasteiger partial charge in [0.2, 0.25) is 0 Å². The van der Waals surface area contributed by atoms with Crippen molar-refractivity contribution in [2.75, 3.05) is 0 Å². The molecule has 90 valence electrons. The monoisotopic (exact) mass is 332 g/mol. The summed E-state index contributed by atoms with van der Waals surface area (Å²) in [6.07, 6.45) is 0. The zero-order chi connectivity index (χ0) is 12.6. The highest BCUT2D eigenvalue weighted by atomic mass is 79.9. The third-order valence-corrected chi connectivity index (χ3v) is 4.00. The van der Waals surface area contributed by atoms with E-state index in [0.29, 0.717) is 5.02 Å². The molecule has 0 spiro atoms. The second kappa shape index (κ2) is 5.01. The average molecular weight is 334 g/mol. The molecule has 0 unspecified atom stereocenters. The van der Waals surface area contributed by atoms with Crippen molar-refractivity contribution in [2.45, 2.75) is 19.2 Å². The van der Waals surface area contributed by atoms with E-state index >= 15 is 0 Å². The van der Waals surface area contributed by atoms with Crippen LogP contribution in [0.3, 0.4) is 0 Å². The van der Waals surface area contributed by atoms with Gasteiger partial charge in [-0.05, 0) is 37.6 Å². The standard InChI is InChI=1S/C12H11BrCl2N2/c1-7-12(15)8(2)17(16-7)11-4-3-10(14)5-9(11)6-13/h3-5H,6H2,1-2H3. The minimum absolute atomic E-state index is 0.709. The zero-order valence-electron chi connectivity index (χ0n) is 9.47. The van der Waals surface area contributed by atoms with Crippen LogP contribution in [0.4, 0.5) is 0 Å². The van der Waals surface area contributed by atoms with Crippen molar-refractivity contribution in [1.29, 1.82) is 0 Å². The predicted octanol–water partition coefficient (Wildman–Crippen LogP) is 4.69. The van der Waals surface area contributed by atoms with Gasteiger partial charge in [0, 0.05) is 10.4 Å². The van der Waals surface area contributed by atoms with Gasteiger partial charge < -0.3 is 0 Å². The van der Waals surface area contributed by atoms with Crippen molar-refractivity contribution in [3.8, 4) is 5.69 Å². The summed E-state index contributed by atoms with van der Waals surface area (Å²) in [5, 5.41) is 6.59. The number of aryl methyl sites for hydroxylation is 1. The fraction of sp³-hybridized carbons (Fsp3) is 0.250. The summed E-state index contributed by atoms with van der Waals surface area (Å²) in [4.78, 5) is 0. The molecule has 2 rings (SSSR count). The highest BCUT2D eigenvalue weighted by Gasteiger charge is 2.13. The minimum Gasteiger partial charge on any atom is -0.236 e. The Morgan fingerprint density at radius 2 is 2.00 bits per heavy atom. The Bertz CT molecular complexity index is 564. The maximum Gasteiger partial charge on any atom is 0.0848 e. The van der Waals surface area contributed by atoms with Crippen molar-refractivity contribution in [3.05, 3.63) is 45.2 Å². The molecule has 0 fully saturated rings. The predicted molar refractivity (Wildman–Crippen MR) is 75.7 cm³/mol. The summed E-state index contributed by atoms with van der Waals surface area (Å²) in [7, 11) is 0. The Hall–Kier alpha value is -0.510. The molecule has 0 aliphatic heterocycles. The molecule has 1 aromatic heterocycles. The number of aromatic nitrogens is 2. The normalized spacial score (nSPS) is 10.9. The van der Waals surface area contributed by atoms with Gasteiger partial charge in [0.1, 0.15) is 0 Å². The molecule has 2 nitrogen and oxygen atoms in total. The van der Waals surface area contributed by atoms with Crippen molar-refractivity contribution in [3.63, 3.8) is 0 Å². The quantitative estimate of drug-likeness (QED) is 0.729. The van der Waals surface area contributed by atoms with E-state index in [4.69, 9.17) is 23.2 Å². The summed E-state index contributed by atoms with van der Waals surface area (Å²) >= 11 is 15.6. The molecule has 5 heteroatoms. The lowest BCUT2D eigenvalue weighted by molar-refractivity contribution is 0.827. The van der Waals surface area contributed by atoms with Gasteiger partial charge in [-0.2, -0.15) is 5.10 Å². The van der Waals surface area contributed by atoms with E-state index in [0.717, 1.165) is 33.0 Å². The molecule has 2 aromatic rings. The fourth-order valence-corrected chi connectivity index (χ4v) is 2.49. The molecule has 0 radical (unpaired) electrons. The summed E-state index contributed by atoms with van der Waals surface area (Å²) in [6, 6.07) is 5.73. The van der Waals surface area contributed by atoms with E-state index in [2.05, 4.69) is 21.0 Å². The van der Waals surface area contributed by atoms with E-state index in [-0.39, 0.29) is 0 Å². The number of hydrogen-bond acceptors (Lipinski definition) is 1. The smallest absolute Gasteiger partial charge is 0.0848 e. The lowest BCUT2D eigenvalue weighted by Gasteiger charge is -2.09. The molecule has 0 amide bonds. The second-order valence-corrected chi connectivity index (χ2v) is 5.18. The van der Waals surface area contributed by atoms with E-state index in [1.807, 2.05) is 36.7 Å². The summed E-state index contributed by atoms with van der Waals surface area (Å²) in [5.74, 6) is 0. The summed E-state index contributed by atoms with van der Waals surface area (Å²) in [6.45, 7) is 3.85. The first-order valence-electron chi connectivity index (χ1n) is 5.11. The van der Waals surface area contributed by atoms with Gasteiger partial charge >= 0.3 is 0 Å². The van der Waals surface area contributed by atoms with Crippen LogP contribution in [0.25, 0.3) is 5.69 Å². The first-order chi connectivity index (χ1) is 8.04. The Morgan fingerprint density at radius 1 is 1.29 bits per heavy atom. The number of hydrogen-bond donors (Lipinski definition) is 0. The first kappa shape index (κ1) is 12.9. The van der Waals surface area contributed by atoms with Crippen LogP contribution in [0.1, 0.15) is 17.0 Å². The molecule has 0 aliphatic carbocycles. The Morgan fingerprint density at radius 3 is 2.53 bits per heavy atom. The fourth-order valence-electron chi connectivity index (χ4n) is 1.73. The van der Waals surface area contributed by atoms with E-state index in [9.17, 15) is 0 Å². The molecular weight excluding hydrogens is 323 g/mol. The maximum absolute atomic E-state index is 6.15. The average Bonchev–Trinajstić information content (AvgIpc) is 2.57. The number of rotatable bonds is 2. The molecule has 0 atom stereocenters. The third-order valence-electron chi connectivity index (χ3n) is 2.62. The number of nitrogens with zero attached hydrogens (tertiary/aromatic N) is 2. The van der Waals surface area contributed by atoms with Gasteiger partial charge in [-0.3, -0.25) is 0 Å². The molecule has 0 saturated carbocycles. The van der Waals surface area contributed by atoms with Gasteiger partial charge in [-0.1, -0.05) is 39.1 Å². The lowest BCUT2D eigenvalue weighted by Crippen LogP contribution is -2.02. The Balaban J connectivity index is 2.64. The highest BCUT2D eigenvalue weighted by Crippen LogP contribution is 2.26. The molecule has 1 aromatic carbocycles. The molecule has 1 heterocycles. The Kier molecular flexibility index (Phi) is 3.81. The zero-order valence-corrected chi connectivity index (χ0v) is 12.6. The van der Waals surface area contributed by atoms with Crippen LogP contribution < -0.4 is 0 Å². The minimum atomic E-state index is 0.709. The lowest BCUT2D eigenvalue weighted by atomic mass is 10.2. The number of alkyl halides is 1. The van der Waals surface area contributed by atoms with Crippen LogP contribution in [0, 0.1) is 13.8 Å². The van der Waals surface area contributed by atoms with Crippen LogP contribution in [0.5, 0.6) is 0 Å². The van der Waals surface area contributed by atoms with Gasteiger partial charge in [-0.25, -0.2) is 4.68 Å². The molecular formula is C12H11BrCl2N2. The molecule has 0 saturated heterocycles. The van der Waals surface area contributed by atoms with Gasteiger partial charge in [-0.15, -0.1) is 0 Å². The van der Waals surface area contributed by atoms with Gasteiger partial charge in [0.15, 0.2) is 0 Å². The largest absolute Gasteiger partial charge is 0.236 e. The molecule has 0 aliphatic rings. The van der Waals surface area contributed by atoms with Crippen LogP contribution >= 0.6 is 39.1 Å². The topological polar surface area (TPSA) is 17.8 Å². The third kappa shape index (κ3) is 2.37. The summed E-state index contributed by atoms with van der Waals surface area (Å²) < 4.78 is 1.85. The van der Waals surface area contributed by atoms with E-state index in [1.165, 1.54) is 0 Å². The summed E-state index contributed by atoms with van der Waals surface area (Å²) in [5.41, 5.74) is 3.85. The van der Waals surface area contributed by atoms with Crippen molar-refractivity contribution >= 4 is 39.1 Å². The van der Waals surface area contributed by atoms with Crippen molar-refractivity contribution in [2.24, 2.45) is 0 Å². The van der Waals surface area contributed by atoms with E-state index < -0.39 is 0 Å². The van der Waals surface area contributed by atoms with Crippen LogP contribution in [0.15, 0.2) is 18.2 Å². The number of halogens is 3. The SMILES string of the molecule is Cc1nn(-c2ccc(Cl)cc2CBr)c(C)c1Cl. The van der Waals surface area contributed by atoms with Crippen LogP contribution in [-0.4, -0.2) is 9.78 Å². The second-order valence-electron chi connectivity index (χ2n) is 3.80. The van der Waals surface area contributed by atoms with Crippen LogP contribution in [-0.2, 0) is 5.33 Å². The van der Waals surface area contributed by atoms with Crippen molar-refractivity contribution < 1.29 is 0 Å². The first-order valence-corrected chi connectivity index (χ1v) is 6.99. The number of benzene rings is 1. The van der Waals surface area contributed by atoms with Gasteiger partial charge in [0.05, 0.1) is 22.1 Å². The molecule has 17 heavy (non-hydrogen) atoms. The maximum atomic E-state index is 6.15. The van der Waals surface area contributed by atoms with Crippen LogP contribution in [0.2, 0.25) is 10.0 Å².